The maximum atomic E-state index is 11.7. The molecular weight excluding hydrogens is 366 g/mol. The minimum Gasteiger partial charge on any atom is -0.493 e. The molecule has 0 amide bonds. The molecule has 2 heterocycles. The molecule has 0 unspecified atom stereocenters. The number of para-hydroxylation sites is 1. The summed E-state index contributed by atoms with van der Waals surface area (Å²) in [6.07, 6.45) is 1.64. The fraction of sp³-hybridized carbons (Fsp3) is 0.350. The Labute approximate surface area is 162 Å². The highest BCUT2D eigenvalue weighted by Gasteiger charge is 2.16. The summed E-state index contributed by atoms with van der Waals surface area (Å²) in [6.45, 7) is 4.54. The number of nitrogens with zero attached hydrogens (tertiary/aromatic N) is 1. The summed E-state index contributed by atoms with van der Waals surface area (Å²) in [5.41, 5.74) is 0.915. The lowest BCUT2D eigenvalue weighted by atomic mass is 10.1. The van der Waals surface area contributed by atoms with E-state index in [1.54, 1.807) is 19.3 Å². The van der Waals surface area contributed by atoms with E-state index in [0.29, 0.717) is 28.5 Å². The number of aliphatic carboxylic acids is 1. The van der Waals surface area contributed by atoms with Gasteiger partial charge in [0.15, 0.2) is 11.5 Å². The van der Waals surface area contributed by atoms with Crippen LogP contribution in [0.15, 0.2) is 35.7 Å². The Bertz CT molecular complexity index is 782. The van der Waals surface area contributed by atoms with Gasteiger partial charge in [0.1, 0.15) is 6.61 Å². The predicted octanol–water partition coefficient (Wildman–Crippen LogP) is 3.09. The zero-order chi connectivity index (χ0) is 19.1. The van der Waals surface area contributed by atoms with E-state index in [4.69, 9.17) is 14.2 Å². The summed E-state index contributed by atoms with van der Waals surface area (Å²) < 4.78 is 16.8. The van der Waals surface area contributed by atoms with E-state index in [0.717, 1.165) is 32.8 Å². The van der Waals surface area contributed by atoms with Crippen LogP contribution in [0.4, 0.5) is 0 Å². The molecule has 1 aliphatic rings. The average Bonchev–Trinajstić information content (AvgIpc) is 3.21. The Balaban J connectivity index is 1.82. The lowest BCUT2D eigenvalue weighted by molar-refractivity contribution is -0.130. The van der Waals surface area contributed by atoms with E-state index >= 15 is 0 Å². The van der Waals surface area contributed by atoms with Gasteiger partial charge in [0.25, 0.3) is 0 Å². The summed E-state index contributed by atoms with van der Waals surface area (Å²) in [7, 11) is 1.58. The number of carbonyl (C=O) groups is 1. The van der Waals surface area contributed by atoms with Crippen molar-refractivity contribution in [2.24, 2.45) is 0 Å². The fourth-order valence-corrected chi connectivity index (χ4v) is 3.62. The van der Waals surface area contributed by atoms with Crippen LogP contribution in [-0.4, -0.2) is 62.5 Å². The predicted molar refractivity (Wildman–Crippen MR) is 106 cm³/mol. The molecule has 27 heavy (non-hydrogen) atoms. The molecule has 7 heteroatoms. The van der Waals surface area contributed by atoms with Crippen molar-refractivity contribution in [2.75, 3.05) is 46.6 Å². The molecule has 1 aliphatic heterocycles. The van der Waals surface area contributed by atoms with Gasteiger partial charge in [-0.2, -0.15) is 0 Å². The van der Waals surface area contributed by atoms with Gasteiger partial charge in [0.05, 0.1) is 25.9 Å². The van der Waals surface area contributed by atoms with Gasteiger partial charge >= 0.3 is 5.97 Å². The maximum absolute atomic E-state index is 11.7. The fourth-order valence-electron chi connectivity index (χ4n) is 2.89. The largest absolute Gasteiger partial charge is 0.493 e. The Hall–Kier alpha value is -2.35. The molecule has 1 aromatic carbocycles. The molecular formula is C20H23NO5S. The van der Waals surface area contributed by atoms with E-state index in [-0.39, 0.29) is 5.57 Å². The summed E-state index contributed by atoms with van der Waals surface area (Å²) in [4.78, 5) is 14.7. The van der Waals surface area contributed by atoms with E-state index in [2.05, 4.69) is 4.90 Å². The molecule has 0 bridgehead atoms. The third kappa shape index (κ3) is 5.09. The summed E-state index contributed by atoms with van der Waals surface area (Å²) in [6, 6.07) is 9.11. The molecule has 0 aliphatic carbocycles. The van der Waals surface area contributed by atoms with Crippen molar-refractivity contribution in [3.63, 3.8) is 0 Å². The summed E-state index contributed by atoms with van der Waals surface area (Å²) in [5, 5.41) is 11.5. The van der Waals surface area contributed by atoms with Crippen LogP contribution in [0.2, 0.25) is 0 Å². The number of ether oxygens (including phenoxy) is 3. The SMILES string of the molecule is COc1cccc(/C=C(\C(=O)O)c2cccs2)c1OCCN1CCOCC1. The molecule has 1 aromatic heterocycles. The van der Waals surface area contributed by atoms with Gasteiger partial charge in [-0.3, -0.25) is 4.90 Å². The molecule has 6 nitrogen and oxygen atoms in total. The highest BCUT2D eigenvalue weighted by Crippen LogP contribution is 2.34. The molecule has 1 N–H and O–H groups in total. The molecule has 3 rings (SSSR count). The zero-order valence-electron chi connectivity index (χ0n) is 15.2. The summed E-state index contributed by atoms with van der Waals surface area (Å²) in [5.74, 6) is 0.171. The normalized spacial score (nSPS) is 15.5. The van der Waals surface area contributed by atoms with E-state index in [1.165, 1.54) is 11.3 Å². The Kier molecular flexibility index (Phi) is 6.86. The van der Waals surface area contributed by atoms with Crippen LogP contribution in [0, 0.1) is 0 Å². The van der Waals surface area contributed by atoms with Crippen molar-refractivity contribution in [3.05, 3.63) is 46.2 Å². The van der Waals surface area contributed by atoms with Gasteiger partial charge < -0.3 is 19.3 Å². The van der Waals surface area contributed by atoms with Gasteiger partial charge in [-0.1, -0.05) is 18.2 Å². The van der Waals surface area contributed by atoms with Gasteiger partial charge in [-0.05, 0) is 23.6 Å². The first-order chi connectivity index (χ1) is 13.2. The molecule has 0 spiro atoms. The standard InChI is InChI=1S/C20H23NO5S/c1-24-17-5-2-4-15(14-16(20(22)23)18-6-3-13-27-18)19(17)26-12-9-21-7-10-25-11-8-21/h2-6,13-14H,7-12H2,1H3,(H,22,23)/b16-14-. The van der Waals surface area contributed by atoms with E-state index in [1.807, 2.05) is 29.6 Å². The minimum absolute atomic E-state index is 0.233. The Morgan fingerprint density at radius 1 is 1.30 bits per heavy atom. The third-order valence-electron chi connectivity index (χ3n) is 4.30. The van der Waals surface area contributed by atoms with Crippen LogP contribution in [0.1, 0.15) is 10.4 Å². The number of thiophene rings is 1. The van der Waals surface area contributed by atoms with Crippen molar-refractivity contribution in [3.8, 4) is 11.5 Å². The van der Waals surface area contributed by atoms with Gasteiger partial charge in [-0.15, -0.1) is 11.3 Å². The Morgan fingerprint density at radius 3 is 2.78 bits per heavy atom. The quantitative estimate of drug-likeness (QED) is 0.700. The van der Waals surface area contributed by atoms with Crippen LogP contribution >= 0.6 is 11.3 Å². The molecule has 144 valence electrons. The topological polar surface area (TPSA) is 68.2 Å². The van der Waals surface area contributed by atoms with Crippen molar-refractivity contribution in [2.45, 2.75) is 0 Å². The minimum atomic E-state index is -0.973. The number of rotatable bonds is 8. The van der Waals surface area contributed by atoms with Crippen LogP contribution in [0.3, 0.4) is 0 Å². The summed E-state index contributed by atoms with van der Waals surface area (Å²) >= 11 is 1.39. The smallest absolute Gasteiger partial charge is 0.337 e. The number of methoxy groups -OCH3 is 1. The molecule has 0 saturated carbocycles. The van der Waals surface area contributed by atoms with Crippen molar-refractivity contribution in [1.29, 1.82) is 0 Å². The molecule has 2 aromatic rings. The lowest BCUT2D eigenvalue weighted by Crippen LogP contribution is -2.38. The first-order valence-electron chi connectivity index (χ1n) is 8.78. The van der Waals surface area contributed by atoms with Gasteiger partial charge in [0, 0.05) is 30.1 Å². The number of hydrogen-bond acceptors (Lipinski definition) is 6. The molecule has 1 fully saturated rings. The second-order valence-electron chi connectivity index (χ2n) is 6.02. The second-order valence-corrected chi connectivity index (χ2v) is 6.97. The lowest BCUT2D eigenvalue weighted by Gasteiger charge is -2.26. The second kappa shape index (κ2) is 9.55. The highest BCUT2D eigenvalue weighted by molar-refractivity contribution is 7.11. The van der Waals surface area contributed by atoms with E-state index < -0.39 is 5.97 Å². The number of carboxylic acids is 1. The average molecular weight is 389 g/mol. The first-order valence-corrected chi connectivity index (χ1v) is 9.66. The third-order valence-corrected chi connectivity index (χ3v) is 5.21. The van der Waals surface area contributed by atoms with E-state index in [9.17, 15) is 9.90 Å². The van der Waals surface area contributed by atoms with Crippen molar-refractivity contribution >= 4 is 29.0 Å². The monoisotopic (exact) mass is 389 g/mol. The van der Waals surface area contributed by atoms with Gasteiger partial charge in [-0.25, -0.2) is 4.79 Å². The number of benzene rings is 1. The van der Waals surface area contributed by atoms with Crippen LogP contribution in [0.25, 0.3) is 11.6 Å². The van der Waals surface area contributed by atoms with Crippen molar-refractivity contribution in [1.82, 2.24) is 4.90 Å². The zero-order valence-corrected chi connectivity index (χ0v) is 16.0. The highest BCUT2D eigenvalue weighted by atomic mass is 32.1. The number of hydrogen-bond donors (Lipinski definition) is 1. The molecule has 0 atom stereocenters. The molecule has 0 radical (unpaired) electrons. The van der Waals surface area contributed by atoms with Crippen LogP contribution in [-0.2, 0) is 9.53 Å². The number of morpholine rings is 1. The van der Waals surface area contributed by atoms with Crippen LogP contribution < -0.4 is 9.47 Å². The Morgan fingerprint density at radius 2 is 2.11 bits per heavy atom. The number of carboxylic acid groups (broad SMARTS) is 1. The van der Waals surface area contributed by atoms with Crippen molar-refractivity contribution < 1.29 is 24.1 Å². The van der Waals surface area contributed by atoms with Gasteiger partial charge in [0.2, 0.25) is 0 Å². The molecule has 1 saturated heterocycles. The maximum Gasteiger partial charge on any atom is 0.337 e. The first kappa shape index (κ1) is 19.4. The van der Waals surface area contributed by atoms with Crippen LogP contribution in [0.5, 0.6) is 11.5 Å².